The molecule has 0 unspecified atom stereocenters. The van der Waals surface area contributed by atoms with Crippen molar-refractivity contribution in [3.63, 3.8) is 0 Å². The van der Waals surface area contributed by atoms with Crippen molar-refractivity contribution in [2.24, 2.45) is 0 Å². The first-order valence-electron chi connectivity index (χ1n) is 6.68. The molecule has 1 N–H and O–H groups in total. The monoisotopic (exact) mass is 389 g/mol. The van der Waals surface area contributed by atoms with Gasteiger partial charge in [0.25, 0.3) is 5.91 Å². The molecule has 6 nitrogen and oxygen atoms in total. The van der Waals surface area contributed by atoms with E-state index >= 15 is 0 Å². The van der Waals surface area contributed by atoms with Crippen LogP contribution in [-0.2, 0) is 0 Å². The number of benzene rings is 2. The van der Waals surface area contributed by atoms with E-state index < -0.39 is 0 Å². The van der Waals surface area contributed by atoms with E-state index in [0.29, 0.717) is 16.4 Å². The number of aromatic nitrogens is 4. The molecule has 0 fully saturated rings. The van der Waals surface area contributed by atoms with Gasteiger partial charge in [-0.25, -0.2) is 0 Å². The summed E-state index contributed by atoms with van der Waals surface area (Å²) in [6.45, 7) is 0. The van der Waals surface area contributed by atoms with E-state index in [2.05, 4.69) is 36.8 Å². The van der Waals surface area contributed by atoms with Crippen molar-refractivity contribution >= 4 is 39.3 Å². The smallest absolute Gasteiger partial charge is 0.256 e. The lowest BCUT2D eigenvalue weighted by atomic mass is 10.2. The minimum Gasteiger partial charge on any atom is -0.322 e. The van der Waals surface area contributed by atoms with Crippen LogP contribution in [0, 0.1) is 0 Å². The van der Waals surface area contributed by atoms with Gasteiger partial charge < -0.3 is 5.32 Å². The Balaban J connectivity index is 1.86. The highest BCUT2D eigenvalue weighted by atomic mass is 79.9. The molecule has 2 aromatic carbocycles. The summed E-state index contributed by atoms with van der Waals surface area (Å²) in [6.07, 6.45) is 1.90. The van der Waals surface area contributed by atoms with Crippen molar-refractivity contribution in [3.8, 4) is 5.69 Å². The predicted octanol–water partition coefficient (Wildman–Crippen LogP) is 3.40. The van der Waals surface area contributed by atoms with Crippen molar-refractivity contribution in [2.75, 3.05) is 11.6 Å². The molecular weight excluding hydrogens is 378 g/mol. The van der Waals surface area contributed by atoms with Crippen LogP contribution in [-0.4, -0.2) is 32.4 Å². The summed E-state index contributed by atoms with van der Waals surface area (Å²) in [6, 6.07) is 14.6. The number of nitrogens with zero attached hydrogens (tertiary/aromatic N) is 4. The first-order valence-corrected chi connectivity index (χ1v) is 8.69. The van der Waals surface area contributed by atoms with Gasteiger partial charge in [0, 0.05) is 10.2 Å². The summed E-state index contributed by atoms with van der Waals surface area (Å²) in [5, 5.41) is 15.1. The molecule has 0 atom stereocenters. The first-order chi connectivity index (χ1) is 11.2. The summed E-state index contributed by atoms with van der Waals surface area (Å²) < 4.78 is 2.37. The molecule has 0 radical (unpaired) electrons. The lowest BCUT2D eigenvalue weighted by molar-refractivity contribution is 0.102. The van der Waals surface area contributed by atoms with Crippen LogP contribution in [0.3, 0.4) is 0 Å². The highest BCUT2D eigenvalue weighted by Crippen LogP contribution is 2.21. The third-order valence-electron chi connectivity index (χ3n) is 3.09. The molecule has 0 aliphatic rings. The average molecular weight is 390 g/mol. The van der Waals surface area contributed by atoms with E-state index in [0.717, 1.165) is 10.2 Å². The normalized spacial score (nSPS) is 10.5. The van der Waals surface area contributed by atoms with Crippen LogP contribution in [0.15, 0.2) is 58.2 Å². The summed E-state index contributed by atoms with van der Waals surface area (Å²) in [5.74, 6) is -0.184. The summed E-state index contributed by atoms with van der Waals surface area (Å²) in [5.41, 5.74) is 2.03. The predicted molar refractivity (Wildman–Crippen MR) is 93.0 cm³/mol. The van der Waals surface area contributed by atoms with Crippen LogP contribution in [0.25, 0.3) is 5.69 Å². The number of hydrogen-bond donors (Lipinski definition) is 1. The van der Waals surface area contributed by atoms with Gasteiger partial charge in [0.15, 0.2) is 0 Å². The zero-order chi connectivity index (χ0) is 16.2. The maximum absolute atomic E-state index is 12.4. The lowest BCUT2D eigenvalue weighted by Gasteiger charge is -2.09. The Morgan fingerprint density at radius 1 is 1.22 bits per heavy atom. The van der Waals surface area contributed by atoms with E-state index in [1.807, 2.05) is 48.7 Å². The van der Waals surface area contributed by atoms with Crippen LogP contribution in [0.4, 0.5) is 5.69 Å². The molecule has 0 saturated heterocycles. The molecule has 3 rings (SSSR count). The number of carbonyl (C=O) groups excluding carboxylic acids is 1. The van der Waals surface area contributed by atoms with Gasteiger partial charge in [-0.3, -0.25) is 4.79 Å². The van der Waals surface area contributed by atoms with Gasteiger partial charge in [-0.05, 0) is 62.9 Å². The maximum atomic E-state index is 12.4. The van der Waals surface area contributed by atoms with E-state index in [-0.39, 0.29) is 5.91 Å². The minimum atomic E-state index is -0.184. The fourth-order valence-corrected chi connectivity index (χ4v) is 2.93. The molecule has 0 saturated carbocycles. The summed E-state index contributed by atoms with van der Waals surface area (Å²) in [4.78, 5) is 12.4. The van der Waals surface area contributed by atoms with Gasteiger partial charge in [0.1, 0.15) is 0 Å². The topological polar surface area (TPSA) is 72.7 Å². The number of thioether (sulfide) groups is 1. The molecule has 0 bridgehead atoms. The van der Waals surface area contributed by atoms with Crippen LogP contribution in [0.1, 0.15) is 10.4 Å². The standard InChI is InChI=1S/C15H12BrN5OS/c1-23-15-18-19-20-21(15)11-6-4-5-10(9-11)17-14(22)12-7-2-3-8-13(12)16/h2-9H,1H3,(H,17,22). The molecular formula is C15H12BrN5OS. The number of nitrogens with one attached hydrogen (secondary N) is 1. The SMILES string of the molecule is CSc1nnnn1-c1cccc(NC(=O)c2ccccc2Br)c1. The van der Waals surface area contributed by atoms with Crippen LogP contribution in [0.5, 0.6) is 0 Å². The van der Waals surface area contributed by atoms with Crippen molar-refractivity contribution < 1.29 is 4.79 Å². The molecule has 116 valence electrons. The van der Waals surface area contributed by atoms with Gasteiger partial charge in [-0.2, -0.15) is 4.68 Å². The van der Waals surface area contributed by atoms with E-state index in [9.17, 15) is 4.79 Å². The van der Waals surface area contributed by atoms with Gasteiger partial charge >= 0.3 is 0 Å². The Bertz CT molecular complexity index is 851. The average Bonchev–Trinajstić information content (AvgIpc) is 3.04. The lowest BCUT2D eigenvalue weighted by Crippen LogP contribution is -2.12. The second-order valence-corrected chi connectivity index (χ2v) is 6.19. The molecule has 23 heavy (non-hydrogen) atoms. The molecule has 3 aromatic rings. The van der Waals surface area contributed by atoms with Gasteiger partial charge in [0.05, 0.1) is 11.3 Å². The third kappa shape index (κ3) is 3.43. The second-order valence-electron chi connectivity index (χ2n) is 4.56. The summed E-state index contributed by atoms with van der Waals surface area (Å²) in [7, 11) is 0. The van der Waals surface area contributed by atoms with Gasteiger partial charge in [-0.1, -0.05) is 30.0 Å². The van der Waals surface area contributed by atoms with E-state index in [1.165, 1.54) is 11.8 Å². The van der Waals surface area contributed by atoms with E-state index in [4.69, 9.17) is 0 Å². The van der Waals surface area contributed by atoms with Crippen LogP contribution in [0.2, 0.25) is 0 Å². The fraction of sp³-hybridized carbons (Fsp3) is 0.0667. The number of tetrazole rings is 1. The fourth-order valence-electron chi connectivity index (χ4n) is 2.03. The Kier molecular flexibility index (Phi) is 4.73. The zero-order valence-corrected chi connectivity index (χ0v) is 14.5. The van der Waals surface area contributed by atoms with Crippen molar-refractivity contribution in [1.82, 2.24) is 20.2 Å². The second kappa shape index (κ2) is 6.93. The molecule has 1 heterocycles. The number of halogens is 1. The molecule has 0 spiro atoms. The largest absolute Gasteiger partial charge is 0.322 e. The molecule has 8 heteroatoms. The van der Waals surface area contributed by atoms with Crippen LogP contribution < -0.4 is 5.32 Å². The first kappa shape index (κ1) is 15.7. The Morgan fingerprint density at radius 2 is 2.04 bits per heavy atom. The van der Waals surface area contributed by atoms with Gasteiger partial charge in [0.2, 0.25) is 5.16 Å². The summed E-state index contributed by atoms with van der Waals surface area (Å²) >= 11 is 4.83. The van der Waals surface area contributed by atoms with Crippen molar-refractivity contribution in [3.05, 3.63) is 58.6 Å². The number of hydrogen-bond acceptors (Lipinski definition) is 5. The van der Waals surface area contributed by atoms with Crippen molar-refractivity contribution in [2.45, 2.75) is 5.16 Å². The quantitative estimate of drug-likeness (QED) is 0.692. The van der Waals surface area contributed by atoms with Gasteiger partial charge in [-0.15, -0.1) is 5.10 Å². The number of carbonyl (C=O) groups is 1. The number of rotatable bonds is 4. The number of anilines is 1. The third-order valence-corrected chi connectivity index (χ3v) is 4.40. The van der Waals surface area contributed by atoms with Crippen LogP contribution >= 0.6 is 27.7 Å². The molecule has 0 aliphatic heterocycles. The highest BCUT2D eigenvalue weighted by molar-refractivity contribution is 9.10. The Morgan fingerprint density at radius 3 is 2.83 bits per heavy atom. The van der Waals surface area contributed by atoms with E-state index in [1.54, 1.807) is 10.7 Å². The highest BCUT2D eigenvalue weighted by Gasteiger charge is 2.11. The molecule has 0 aliphatic carbocycles. The molecule has 1 aromatic heterocycles. The van der Waals surface area contributed by atoms with Crippen molar-refractivity contribution in [1.29, 1.82) is 0 Å². The Hall–Kier alpha value is -2.19. The minimum absolute atomic E-state index is 0.184. The molecule has 1 amide bonds. The maximum Gasteiger partial charge on any atom is 0.256 e. The Labute approximate surface area is 145 Å². The zero-order valence-electron chi connectivity index (χ0n) is 12.1. The number of amides is 1.